The van der Waals surface area contributed by atoms with Crippen LogP contribution in [0.2, 0.25) is 0 Å². The molecule has 3 aromatic rings. The van der Waals surface area contributed by atoms with Crippen LogP contribution in [0, 0.1) is 16.2 Å². The van der Waals surface area contributed by atoms with Crippen molar-refractivity contribution in [2.75, 3.05) is 13.7 Å². The van der Waals surface area contributed by atoms with Gasteiger partial charge in [0.25, 0.3) is 0 Å². The molecule has 0 bridgehead atoms. The molecule has 39 heavy (non-hydrogen) atoms. The van der Waals surface area contributed by atoms with Crippen molar-refractivity contribution < 1.29 is 42.8 Å². The van der Waals surface area contributed by atoms with Crippen molar-refractivity contribution in [3.63, 3.8) is 0 Å². The Morgan fingerprint density at radius 3 is 2.00 bits per heavy atom. The van der Waals surface area contributed by atoms with E-state index in [4.69, 9.17) is 32.5 Å². The zero-order valence-electron chi connectivity index (χ0n) is 22.8. The van der Waals surface area contributed by atoms with Gasteiger partial charge in [-0.25, -0.2) is 23.1 Å². The lowest BCUT2D eigenvalue weighted by Gasteiger charge is -2.28. The van der Waals surface area contributed by atoms with Gasteiger partial charge in [-0.1, -0.05) is 38.3 Å². The molecule has 0 spiro atoms. The number of halogens is 1. The minimum absolute atomic E-state index is 0.636. The normalized spacial score (nSPS) is 17.2. The van der Waals surface area contributed by atoms with Crippen molar-refractivity contribution in [2.24, 2.45) is 5.92 Å². The van der Waals surface area contributed by atoms with Gasteiger partial charge in [0, 0.05) is 11.6 Å². The monoisotopic (exact) mass is 558 g/mol. The molecule has 1 aliphatic rings. The number of aryl methyl sites for hydroxylation is 1. The zero-order valence-corrected chi connectivity index (χ0v) is 23.6. The van der Waals surface area contributed by atoms with Crippen molar-refractivity contribution in [1.29, 1.82) is 0 Å². The van der Waals surface area contributed by atoms with Crippen molar-refractivity contribution in [2.45, 2.75) is 70.6 Å². The molecule has 4 rings (SSSR count). The lowest BCUT2D eigenvalue weighted by molar-refractivity contribution is -2.00. The summed E-state index contributed by atoms with van der Waals surface area (Å²) in [6.45, 7) is 3.05. The van der Waals surface area contributed by atoms with E-state index in [1.54, 1.807) is 7.11 Å². The molecule has 212 valence electrons. The van der Waals surface area contributed by atoms with Gasteiger partial charge in [0.2, 0.25) is 0 Å². The molecule has 8 heteroatoms. The first-order valence-corrected chi connectivity index (χ1v) is 14.9. The Labute approximate surface area is 233 Å². The summed E-state index contributed by atoms with van der Waals surface area (Å²) in [6, 6.07) is 21.2. The van der Waals surface area contributed by atoms with Gasteiger partial charge in [-0.3, -0.25) is 0 Å². The summed E-state index contributed by atoms with van der Waals surface area (Å²) in [5.74, 6) is 4.02. The summed E-state index contributed by atoms with van der Waals surface area (Å²) in [4.78, 5) is 0. The van der Waals surface area contributed by atoms with Gasteiger partial charge in [0.05, 0.1) is 19.3 Å². The SMILES string of the molecule is CCCCCCc1ccc(-c2ccc(C3CCC(COc4ccc(OC)cc4)CC3)cc2)[o+]c1.[O-][Cl+3]([O-])([O-])[O-]. The van der Waals surface area contributed by atoms with Gasteiger partial charge in [0.15, 0.2) is 0 Å². The Kier molecular flexibility index (Phi) is 12.5. The molecule has 0 saturated heterocycles. The highest BCUT2D eigenvalue weighted by atomic mass is 35.7. The fourth-order valence-electron chi connectivity index (χ4n) is 4.93. The Morgan fingerprint density at radius 1 is 0.795 bits per heavy atom. The maximum absolute atomic E-state index is 8.49. The van der Waals surface area contributed by atoms with Gasteiger partial charge in [0.1, 0.15) is 11.5 Å². The summed E-state index contributed by atoms with van der Waals surface area (Å²) in [5, 5.41) is 0. The Bertz CT molecular complexity index is 1070. The zero-order chi connectivity index (χ0) is 28.1. The average molecular weight is 559 g/mol. The molecule has 0 aliphatic heterocycles. The van der Waals surface area contributed by atoms with Crippen LogP contribution >= 0.6 is 0 Å². The molecule has 0 amide bonds. The van der Waals surface area contributed by atoms with E-state index in [1.165, 1.54) is 62.5 Å². The third-order valence-electron chi connectivity index (χ3n) is 7.16. The Hall–Kier alpha value is -2.68. The van der Waals surface area contributed by atoms with Crippen LogP contribution in [-0.2, 0) is 6.42 Å². The lowest BCUT2D eigenvalue weighted by atomic mass is 9.79. The van der Waals surface area contributed by atoms with E-state index < -0.39 is 10.2 Å². The Morgan fingerprint density at radius 2 is 1.44 bits per heavy atom. The molecular formula is C31H39ClO7. The number of hydrogen-bond donors (Lipinski definition) is 0. The number of hydrogen-bond acceptors (Lipinski definition) is 6. The van der Waals surface area contributed by atoms with Crippen LogP contribution in [0.4, 0.5) is 0 Å². The van der Waals surface area contributed by atoms with Crippen LogP contribution in [0.5, 0.6) is 11.5 Å². The fraction of sp³-hybridized carbons (Fsp3) is 0.452. The van der Waals surface area contributed by atoms with E-state index in [-0.39, 0.29) is 0 Å². The Balaban J connectivity index is 0.000000771. The summed E-state index contributed by atoms with van der Waals surface area (Å²) < 4.78 is 51.2. The predicted molar refractivity (Wildman–Crippen MR) is 140 cm³/mol. The molecule has 1 aromatic heterocycles. The van der Waals surface area contributed by atoms with Crippen LogP contribution in [0.25, 0.3) is 11.3 Å². The van der Waals surface area contributed by atoms with Gasteiger partial charge >= 0.3 is 12.0 Å². The molecule has 1 aliphatic carbocycles. The van der Waals surface area contributed by atoms with Crippen molar-refractivity contribution >= 4 is 0 Å². The summed E-state index contributed by atoms with van der Waals surface area (Å²) >= 11 is 0. The lowest BCUT2D eigenvalue weighted by Crippen LogP contribution is -2.68. The number of rotatable bonds is 11. The van der Waals surface area contributed by atoms with Crippen LogP contribution in [0.1, 0.15) is 75.3 Å². The number of ether oxygens (including phenoxy) is 2. The molecule has 7 nitrogen and oxygen atoms in total. The highest BCUT2D eigenvalue weighted by molar-refractivity contribution is 5.57. The summed E-state index contributed by atoms with van der Waals surface area (Å²) in [6.07, 6.45) is 13.1. The molecule has 1 saturated carbocycles. The van der Waals surface area contributed by atoms with Crippen LogP contribution in [-0.4, -0.2) is 13.7 Å². The third-order valence-corrected chi connectivity index (χ3v) is 7.16. The van der Waals surface area contributed by atoms with Crippen LogP contribution in [0.3, 0.4) is 0 Å². The molecule has 0 unspecified atom stereocenters. The molecule has 0 N–H and O–H groups in total. The first-order valence-electron chi connectivity index (χ1n) is 13.6. The average Bonchev–Trinajstić information content (AvgIpc) is 2.94. The van der Waals surface area contributed by atoms with Gasteiger partial charge in [-0.05, 0) is 98.4 Å². The standard InChI is InChI=1S/C31H39O3.ClHO4/c1-3-4-5-6-7-24-10-21-31(34-23-24)28-15-13-27(14-16-28)26-11-8-25(9-12-26)22-33-30-19-17-29(32-2)18-20-30;2-1(3,4)5/h10,13-21,23,25-26H,3-9,11-12,22H2,1-2H3;(H,2,3,4,5)/q+1;/p-1. The fourth-order valence-corrected chi connectivity index (χ4v) is 4.93. The number of methoxy groups -OCH3 is 1. The molecule has 2 aromatic carbocycles. The minimum atomic E-state index is -4.94. The smallest absolute Gasteiger partial charge is 0.359 e. The number of benzene rings is 2. The van der Waals surface area contributed by atoms with Crippen molar-refractivity contribution in [3.05, 3.63) is 78.1 Å². The maximum Gasteiger partial charge on any atom is 0.359 e. The molecule has 0 radical (unpaired) electrons. The predicted octanol–water partition coefficient (Wildman–Crippen LogP) is 3.96. The second-order valence-corrected chi connectivity index (χ2v) is 10.8. The molecule has 1 heterocycles. The van der Waals surface area contributed by atoms with Crippen molar-refractivity contribution in [1.82, 2.24) is 0 Å². The first kappa shape index (κ1) is 30.9. The largest absolute Gasteiger partial charge is 0.497 e. The van der Waals surface area contributed by atoms with Gasteiger partial charge in [-0.2, -0.15) is 0 Å². The highest BCUT2D eigenvalue weighted by Crippen LogP contribution is 2.37. The number of unbranched alkanes of at least 4 members (excludes halogenated alkanes) is 3. The van der Waals surface area contributed by atoms with E-state index in [1.807, 2.05) is 30.5 Å². The quantitative estimate of drug-likeness (QED) is 0.258. The van der Waals surface area contributed by atoms with Gasteiger partial charge in [-0.15, -0.1) is 10.2 Å². The second-order valence-electron chi connectivity index (χ2n) is 10.0. The van der Waals surface area contributed by atoms with E-state index in [0.717, 1.165) is 35.9 Å². The van der Waals surface area contributed by atoms with Gasteiger partial charge < -0.3 is 9.47 Å². The second kappa shape index (κ2) is 15.8. The van der Waals surface area contributed by atoms with Crippen LogP contribution in [0.15, 0.2) is 71.3 Å². The van der Waals surface area contributed by atoms with E-state index in [0.29, 0.717) is 11.8 Å². The molecule has 0 atom stereocenters. The first-order chi connectivity index (χ1) is 18.7. The molecular weight excluding hydrogens is 520 g/mol. The van der Waals surface area contributed by atoms with E-state index in [2.05, 4.69) is 43.3 Å². The van der Waals surface area contributed by atoms with Crippen LogP contribution < -0.4 is 28.1 Å². The molecule has 1 fully saturated rings. The minimum Gasteiger partial charge on any atom is -0.497 e. The van der Waals surface area contributed by atoms with E-state index >= 15 is 0 Å². The van der Waals surface area contributed by atoms with E-state index in [9.17, 15) is 0 Å². The third kappa shape index (κ3) is 11.5. The highest BCUT2D eigenvalue weighted by Gasteiger charge is 2.23. The van der Waals surface area contributed by atoms with Crippen molar-refractivity contribution in [3.8, 4) is 22.8 Å². The summed E-state index contributed by atoms with van der Waals surface area (Å²) in [5.41, 5.74) is 3.90. The topological polar surface area (TPSA) is 122 Å². The summed E-state index contributed by atoms with van der Waals surface area (Å²) in [7, 11) is -3.26. The maximum atomic E-state index is 8.49.